The Labute approximate surface area is 168 Å². The third kappa shape index (κ3) is 3.83. The summed E-state index contributed by atoms with van der Waals surface area (Å²) in [4.78, 5) is 31.4. The first-order valence-corrected chi connectivity index (χ1v) is 9.34. The summed E-state index contributed by atoms with van der Waals surface area (Å²) in [6, 6.07) is 13.9. The van der Waals surface area contributed by atoms with Crippen LogP contribution < -0.4 is 10.9 Å². The van der Waals surface area contributed by atoms with Crippen molar-refractivity contribution in [1.29, 1.82) is 0 Å². The zero-order valence-electron chi connectivity index (χ0n) is 14.2. The molecule has 0 unspecified atom stereocenters. The molecule has 0 fully saturated rings. The van der Waals surface area contributed by atoms with Gasteiger partial charge in [0.05, 0.1) is 0 Å². The van der Waals surface area contributed by atoms with E-state index in [0.29, 0.717) is 15.7 Å². The Morgan fingerprint density at radius 2 is 1.86 bits per heavy atom. The van der Waals surface area contributed by atoms with E-state index in [1.165, 1.54) is 17.4 Å². The number of amides is 1. The lowest BCUT2D eigenvalue weighted by Crippen LogP contribution is -2.23. The first kappa shape index (κ1) is 18.0. The average molecular weight is 410 g/mol. The Kier molecular flexibility index (Phi) is 4.96. The summed E-state index contributed by atoms with van der Waals surface area (Å²) in [7, 11) is 0. The van der Waals surface area contributed by atoms with Crippen LogP contribution in [0.3, 0.4) is 0 Å². The molecular formula is C19H12ClN5O2S. The Bertz CT molecular complexity index is 1210. The van der Waals surface area contributed by atoms with Gasteiger partial charge in [-0.3, -0.25) is 19.9 Å². The molecule has 3 heterocycles. The number of hydrogen-bond donors (Lipinski definition) is 2. The monoisotopic (exact) mass is 409 g/mol. The average Bonchev–Trinajstić information content (AvgIpc) is 3.17. The van der Waals surface area contributed by atoms with Gasteiger partial charge in [-0.2, -0.15) is 0 Å². The number of rotatable bonds is 4. The second-order valence-corrected chi connectivity index (χ2v) is 7.14. The molecule has 0 radical (unpaired) electrons. The van der Waals surface area contributed by atoms with E-state index in [-0.39, 0.29) is 10.7 Å². The Balaban J connectivity index is 1.54. The topological polar surface area (TPSA) is 101 Å². The summed E-state index contributed by atoms with van der Waals surface area (Å²) in [5.41, 5.74) is 1.69. The molecule has 28 heavy (non-hydrogen) atoms. The summed E-state index contributed by atoms with van der Waals surface area (Å²) >= 11 is 7.18. The van der Waals surface area contributed by atoms with Gasteiger partial charge in [-0.25, -0.2) is 0 Å². The number of pyridine rings is 2. The molecule has 0 aliphatic carbocycles. The maximum atomic E-state index is 12.5. The second kappa shape index (κ2) is 7.71. The van der Waals surface area contributed by atoms with E-state index >= 15 is 0 Å². The quantitative estimate of drug-likeness (QED) is 0.533. The summed E-state index contributed by atoms with van der Waals surface area (Å²) in [5.74, 6) is -0.559. The Morgan fingerprint density at radius 3 is 2.61 bits per heavy atom. The van der Waals surface area contributed by atoms with Gasteiger partial charge in [-0.1, -0.05) is 35.1 Å². The van der Waals surface area contributed by atoms with Gasteiger partial charge in [0.2, 0.25) is 5.13 Å². The summed E-state index contributed by atoms with van der Waals surface area (Å²) in [5, 5.41) is 12.1. The number of halogens is 1. The van der Waals surface area contributed by atoms with Gasteiger partial charge in [0.1, 0.15) is 10.6 Å². The molecule has 0 spiro atoms. The van der Waals surface area contributed by atoms with E-state index in [2.05, 4.69) is 25.5 Å². The predicted octanol–water partition coefficient (Wildman–Crippen LogP) is 3.86. The molecule has 1 amide bonds. The number of carbonyl (C=O) groups is 1. The maximum Gasteiger partial charge on any atom is 0.263 e. The summed E-state index contributed by atoms with van der Waals surface area (Å²) < 4.78 is 0. The van der Waals surface area contributed by atoms with Crippen LogP contribution in [-0.4, -0.2) is 26.1 Å². The van der Waals surface area contributed by atoms with Crippen molar-refractivity contribution in [2.45, 2.75) is 0 Å². The number of hydrogen-bond acceptors (Lipinski definition) is 6. The standard InChI is InChI=1S/C19H12ClN5O2S/c20-13-3-1-2-12(10-13)18-24-25-19(28-18)23-17(27)14-4-5-15(22-16(14)26)11-6-8-21-9-7-11/h1-10H,(H,22,26)(H,23,25,27). The van der Waals surface area contributed by atoms with Crippen molar-refractivity contribution in [3.8, 4) is 21.8 Å². The zero-order chi connectivity index (χ0) is 19.5. The molecule has 4 aromatic rings. The van der Waals surface area contributed by atoms with E-state index < -0.39 is 11.5 Å². The van der Waals surface area contributed by atoms with Crippen LogP contribution in [-0.2, 0) is 0 Å². The molecule has 0 saturated carbocycles. The van der Waals surface area contributed by atoms with Crippen LogP contribution in [0, 0.1) is 0 Å². The van der Waals surface area contributed by atoms with Crippen LogP contribution >= 0.6 is 22.9 Å². The van der Waals surface area contributed by atoms with Gasteiger partial charge in [-0.05, 0) is 36.4 Å². The predicted molar refractivity (Wildman–Crippen MR) is 109 cm³/mol. The molecule has 0 atom stereocenters. The molecule has 0 bridgehead atoms. The van der Waals surface area contributed by atoms with Gasteiger partial charge < -0.3 is 4.98 Å². The highest BCUT2D eigenvalue weighted by Gasteiger charge is 2.15. The molecule has 0 aliphatic heterocycles. The molecule has 7 nitrogen and oxygen atoms in total. The molecule has 1 aromatic carbocycles. The van der Waals surface area contributed by atoms with Crippen molar-refractivity contribution < 1.29 is 4.79 Å². The fourth-order valence-electron chi connectivity index (χ4n) is 2.53. The number of benzene rings is 1. The number of H-pyrrole nitrogens is 1. The van der Waals surface area contributed by atoms with Crippen molar-refractivity contribution in [3.63, 3.8) is 0 Å². The zero-order valence-corrected chi connectivity index (χ0v) is 15.8. The number of aromatic nitrogens is 4. The molecular weight excluding hydrogens is 398 g/mol. The van der Waals surface area contributed by atoms with Crippen LogP contribution in [0.4, 0.5) is 5.13 Å². The van der Waals surface area contributed by atoms with E-state index in [9.17, 15) is 9.59 Å². The highest BCUT2D eigenvalue weighted by molar-refractivity contribution is 7.18. The lowest BCUT2D eigenvalue weighted by Gasteiger charge is -2.04. The number of nitrogens with one attached hydrogen (secondary N) is 2. The minimum Gasteiger partial charge on any atom is -0.321 e. The van der Waals surface area contributed by atoms with E-state index in [1.54, 1.807) is 48.8 Å². The smallest absolute Gasteiger partial charge is 0.263 e. The van der Waals surface area contributed by atoms with Gasteiger partial charge in [0, 0.05) is 34.2 Å². The second-order valence-electron chi connectivity index (χ2n) is 5.73. The fourth-order valence-corrected chi connectivity index (χ4v) is 3.45. The maximum absolute atomic E-state index is 12.5. The van der Waals surface area contributed by atoms with Crippen molar-refractivity contribution in [2.75, 3.05) is 5.32 Å². The van der Waals surface area contributed by atoms with Gasteiger partial charge in [0.15, 0.2) is 0 Å². The van der Waals surface area contributed by atoms with Crippen LogP contribution in [0.15, 0.2) is 65.7 Å². The molecule has 3 aromatic heterocycles. The first-order chi connectivity index (χ1) is 13.6. The minimum atomic E-state index is -0.559. The van der Waals surface area contributed by atoms with Crippen molar-refractivity contribution in [1.82, 2.24) is 20.2 Å². The van der Waals surface area contributed by atoms with Gasteiger partial charge in [0.25, 0.3) is 11.5 Å². The molecule has 138 valence electrons. The van der Waals surface area contributed by atoms with Crippen LogP contribution in [0.1, 0.15) is 10.4 Å². The van der Waals surface area contributed by atoms with E-state index in [1.807, 2.05) is 6.07 Å². The fraction of sp³-hybridized carbons (Fsp3) is 0. The number of anilines is 1. The lowest BCUT2D eigenvalue weighted by molar-refractivity contribution is 0.102. The molecule has 0 saturated heterocycles. The van der Waals surface area contributed by atoms with Gasteiger partial charge >= 0.3 is 0 Å². The summed E-state index contributed by atoms with van der Waals surface area (Å²) in [6.07, 6.45) is 3.25. The van der Waals surface area contributed by atoms with E-state index in [4.69, 9.17) is 11.6 Å². The van der Waals surface area contributed by atoms with Crippen molar-refractivity contribution in [3.05, 3.63) is 81.9 Å². The SMILES string of the molecule is O=C(Nc1nnc(-c2cccc(Cl)c2)s1)c1ccc(-c2ccncc2)[nH]c1=O. The highest BCUT2D eigenvalue weighted by Crippen LogP contribution is 2.28. The molecule has 0 aliphatic rings. The molecule has 2 N–H and O–H groups in total. The van der Waals surface area contributed by atoms with Crippen LogP contribution in [0.25, 0.3) is 21.8 Å². The first-order valence-electron chi connectivity index (χ1n) is 8.15. The summed E-state index contributed by atoms with van der Waals surface area (Å²) in [6.45, 7) is 0. The van der Waals surface area contributed by atoms with Crippen molar-refractivity contribution >= 4 is 34.0 Å². The third-order valence-corrected chi connectivity index (χ3v) is 4.99. The molecule has 4 rings (SSSR count). The van der Waals surface area contributed by atoms with Gasteiger partial charge in [-0.15, -0.1) is 10.2 Å². The Morgan fingerprint density at radius 1 is 1.04 bits per heavy atom. The Hall–Kier alpha value is -3.36. The lowest BCUT2D eigenvalue weighted by atomic mass is 10.1. The van der Waals surface area contributed by atoms with Crippen LogP contribution in [0.5, 0.6) is 0 Å². The van der Waals surface area contributed by atoms with E-state index in [0.717, 1.165) is 11.1 Å². The number of carbonyl (C=O) groups excluding carboxylic acids is 1. The molecule has 9 heteroatoms. The largest absolute Gasteiger partial charge is 0.321 e. The van der Waals surface area contributed by atoms with Crippen LogP contribution in [0.2, 0.25) is 5.02 Å². The minimum absolute atomic E-state index is 0.0164. The van der Waals surface area contributed by atoms with Crippen molar-refractivity contribution in [2.24, 2.45) is 0 Å². The number of nitrogens with zero attached hydrogens (tertiary/aromatic N) is 3. The third-order valence-electron chi connectivity index (χ3n) is 3.86. The number of aromatic amines is 1. The highest BCUT2D eigenvalue weighted by atomic mass is 35.5. The normalized spacial score (nSPS) is 10.6.